The van der Waals surface area contributed by atoms with Crippen molar-refractivity contribution in [2.45, 2.75) is 12.8 Å². The van der Waals surface area contributed by atoms with E-state index >= 15 is 0 Å². The predicted molar refractivity (Wildman–Crippen MR) is 67.6 cm³/mol. The largest absolute Gasteiger partial charge is 0.469 e. The maximum atomic E-state index is 11.6. The topological polar surface area (TPSA) is 55.1 Å². The van der Waals surface area contributed by atoms with Crippen molar-refractivity contribution in [3.05, 3.63) is 47.1 Å². The second kappa shape index (κ2) is 5.63. The van der Waals surface area contributed by atoms with Gasteiger partial charge >= 0.3 is 0 Å². The van der Waals surface area contributed by atoms with E-state index < -0.39 is 0 Å². The number of pyridine rings is 1. The number of amides is 1. The lowest BCUT2D eigenvalue weighted by atomic mass is 10.2. The number of aryl methyl sites for hydroxylation is 1. The van der Waals surface area contributed by atoms with Gasteiger partial charge in [0.1, 0.15) is 10.4 Å². The zero-order valence-electron chi connectivity index (χ0n) is 9.02. The first kappa shape index (κ1) is 11.9. The van der Waals surface area contributed by atoms with Crippen LogP contribution in [0.5, 0.6) is 0 Å². The molecule has 1 N–H and O–H groups in total. The number of aromatic nitrogens is 1. The van der Waals surface area contributed by atoms with Gasteiger partial charge in [0, 0.05) is 12.8 Å². The Morgan fingerprint density at radius 1 is 1.41 bits per heavy atom. The van der Waals surface area contributed by atoms with Crippen LogP contribution in [0.25, 0.3) is 0 Å². The maximum absolute atomic E-state index is 11.6. The molecular formula is C12H11BrN2O2. The van der Waals surface area contributed by atoms with Gasteiger partial charge < -0.3 is 9.73 Å². The Labute approximate surface area is 107 Å². The van der Waals surface area contributed by atoms with E-state index in [1.54, 1.807) is 24.6 Å². The molecular weight excluding hydrogens is 284 g/mol. The smallest absolute Gasteiger partial charge is 0.224 e. The highest BCUT2D eigenvalue weighted by molar-refractivity contribution is 9.10. The number of nitrogens with zero attached hydrogens (tertiary/aromatic N) is 1. The summed E-state index contributed by atoms with van der Waals surface area (Å²) in [6.45, 7) is 0. The Balaban J connectivity index is 1.83. The lowest BCUT2D eigenvalue weighted by Crippen LogP contribution is -2.12. The molecule has 1 amide bonds. The molecule has 2 heterocycles. The third kappa shape index (κ3) is 3.71. The molecule has 0 aliphatic carbocycles. The normalized spacial score (nSPS) is 10.2. The van der Waals surface area contributed by atoms with Gasteiger partial charge in [-0.2, -0.15) is 0 Å². The van der Waals surface area contributed by atoms with Crippen molar-refractivity contribution in [3.63, 3.8) is 0 Å². The molecule has 0 aromatic carbocycles. The number of anilines is 1. The SMILES string of the molecule is O=C(CCc1ccco1)Nc1ccc(Br)nc1. The fourth-order valence-corrected chi connectivity index (χ4v) is 1.60. The molecule has 2 aromatic heterocycles. The van der Waals surface area contributed by atoms with Gasteiger partial charge in [0.15, 0.2) is 0 Å². The zero-order valence-corrected chi connectivity index (χ0v) is 10.6. The van der Waals surface area contributed by atoms with Crippen LogP contribution in [0.4, 0.5) is 5.69 Å². The Morgan fingerprint density at radius 3 is 2.94 bits per heavy atom. The van der Waals surface area contributed by atoms with E-state index in [0.717, 1.165) is 10.4 Å². The van der Waals surface area contributed by atoms with Gasteiger partial charge in [-0.15, -0.1) is 0 Å². The van der Waals surface area contributed by atoms with Gasteiger partial charge in [-0.05, 0) is 40.2 Å². The van der Waals surface area contributed by atoms with Gasteiger partial charge in [0.05, 0.1) is 18.1 Å². The minimum atomic E-state index is -0.0504. The highest BCUT2D eigenvalue weighted by Gasteiger charge is 2.04. The van der Waals surface area contributed by atoms with Crippen molar-refractivity contribution in [2.24, 2.45) is 0 Å². The average Bonchev–Trinajstić information content (AvgIpc) is 2.83. The summed E-state index contributed by atoms with van der Waals surface area (Å²) in [5, 5.41) is 2.77. The summed E-state index contributed by atoms with van der Waals surface area (Å²) in [5.74, 6) is 0.764. The molecule has 0 atom stereocenters. The molecule has 0 bridgehead atoms. The summed E-state index contributed by atoms with van der Waals surface area (Å²) in [7, 11) is 0. The maximum Gasteiger partial charge on any atom is 0.224 e. The van der Waals surface area contributed by atoms with Crippen LogP contribution < -0.4 is 5.32 Å². The standard InChI is InChI=1S/C12H11BrN2O2/c13-11-5-3-9(8-14-11)15-12(16)6-4-10-2-1-7-17-10/h1-3,5,7-8H,4,6H2,(H,15,16). The van der Waals surface area contributed by atoms with Crippen molar-refractivity contribution in [3.8, 4) is 0 Å². The molecule has 2 aromatic rings. The highest BCUT2D eigenvalue weighted by Crippen LogP contribution is 2.11. The van der Waals surface area contributed by atoms with Gasteiger partial charge in [0.2, 0.25) is 5.91 Å². The molecule has 0 aliphatic heterocycles. The Kier molecular flexibility index (Phi) is 3.93. The van der Waals surface area contributed by atoms with Gasteiger partial charge in [0.25, 0.3) is 0 Å². The third-order valence-corrected chi connectivity index (χ3v) is 2.66. The van der Waals surface area contributed by atoms with Gasteiger partial charge in [-0.3, -0.25) is 4.79 Å². The third-order valence-electron chi connectivity index (χ3n) is 2.19. The average molecular weight is 295 g/mol. The monoisotopic (exact) mass is 294 g/mol. The summed E-state index contributed by atoms with van der Waals surface area (Å²) in [6.07, 6.45) is 4.20. The molecule has 17 heavy (non-hydrogen) atoms. The van der Waals surface area contributed by atoms with Gasteiger partial charge in [-0.1, -0.05) is 0 Å². The minimum Gasteiger partial charge on any atom is -0.469 e. The molecule has 5 heteroatoms. The first-order valence-electron chi connectivity index (χ1n) is 5.18. The summed E-state index contributed by atoms with van der Waals surface area (Å²) >= 11 is 3.23. The molecule has 0 saturated heterocycles. The fourth-order valence-electron chi connectivity index (χ4n) is 1.36. The van der Waals surface area contributed by atoms with Crippen LogP contribution >= 0.6 is 15.9 Å². The first-order chi connectivity index (χ1) is 8.24. The second-order valence-corrected chi connectivity index (χ2v) is 4.31. The molecule has 88 valence electrons. The van der Waals surface area contributed by atoms with Crippen LogP contribution in [0.1, 0.15) is 12.2 Å². The Hall–Kier alpha value is -1.62. The van der Waals surface area contributed by atoms with E-state index in [1.165, 1.54) is 0 Å². The molecule has 0 unspecified atom stereocenters. The molecule has 0 saturated carbocycles. The predicted octanol–water partition coefficient (Wildman–Crippen LogP) is 3.01. The van der Waals surface area contributed by atoms with E-state index in [9.17, 15) is 4.79 Å². The quantitative estimate of drug-likeness (QED) is 0.882. The summed E-state index contributed by atoms with van der Waals surface area (Å²) in [4.78, 5) is 15.6. The van der Waals surface area contributed by atoms with Crippen LogP contribution in [-0.4, -0.2) is 10.9 Å². The number of carbonyl (C=O) groups excluding carboxylic acids is 1. The summed E-state index contributed by atoms with van der Waals surface area (Å²) < 4.78 is 5.89. The molecule has 0 radical (unpaired) electrons. The van der Waals surface area contributed by atoms with Crippen molar-refractivity contribution < 1.29 is 9.21 Å². The summed E-state index contributed by atoms with van der Waals surface area (Å²) in [6, 6.07) is 7.24. The number of hydrogen-bond acceptors (Lipinski definition) is 3. The second-order valence-electron chi connectivity index (χ2n) is 3.50. The van der Waals surface area contributed by atoms with Crippen LogP contribution in [0.2, 0.25) is 0 Å². The van der Waals surface area contributed by atoms with E-state index in [2.05, 4.69) is 26.2 Å². The summed E-state index contributed by atoms with van der Waals surface area (Å²) in [5.41, 5.74) is 0.692. The minimum absolute atomic E-state index is 0.0504. The van der Waals surface area contributed by atoms with Crippen molar-refractivity contribution >= 4 is 27.5 Å². The highest BCUT2D eigenvalue weighted by atomic mass is 79.9. The van der Waals surface area contributed by atoms with Crippen LogP contribution in [0.3, 0.4) is 0 Å². The zero-order chi connectivity index (χ0) is 12.1. The molecule has 0 spiro atoms. The first-order valence-corrected chi connectivity index (χ1v) is 5.97. The Bertz CT molecular complexity index is 480. The number of rotatable bonds is 4. The number of hydrogen-bond donors (Lipinski definition) is 1. The number of halogens is 1. The van der Waals surface area contributed by atoms with Crippen LogP contribution in [0.15, 0.2) is 45.7 Å². The van der Waals surface area contributed by atoms with E-state index in [0.29, 0.717) is 18.5 Å². The number of furan rings is 1. The number of nitrogens with one attached hydrogen (secondary N) is 1. The molecule has 2 rings (SSSR count). The lowest BCUT2D eigenvalue weighted by Gasteiger charge is -2.03. The van der Waals surface area contributed by atoms with Gasteiger partial charge in [-0.25, -0.2) is 4.98 Å². The Morgan fingerprint density at radius 2 is 2.29 bits per heavy atom. The van der Waals surface area contributed by atoms with E-state index in [-0.39, 0.29) is 5.91 Å². The van der Waals surface area contributed by atoms with Crippen LogP contribution in [0, 0.1) is 0 Å². The van der Waals surface area contributed by atoms with Crippen molar-refractivity contribution in [1.82, 2.24) is 4.98 Å². The van der Waals surface area contributed by atoms with Crippen molar-refractivity contribution in [1.29, 1.82) is 0 Å². The fraction of sp³-hybridized carbons (Fsp3) is 0.167. The molecule has 0 fully saturated rings. The molecule has 0 aliphatic rings. The van der Waals surface area contributed by atoms with Crippen molar-refractivity contribution in [2.75, 3.05) is 5.32 Å². The van der Waals surface area contributed by atoms with Crippen LogP contribution in [-0.2, 0) is 11.2 Å². The molecule has 4 nitrogen and oxygen atoms in total. The lowest BCUT2D eigenvalue weighted by molar-refractivity contribution is -0.116. The number of carbonyl (C=O) groups is 1. The van der Waals surface area contributed by atoms with E-state index in [4.69, 9.17) is 4.42 Å². The van der Waals surface area contributed by atoms with E-state index in [1.807, 2.05) is 12.1 Å².